The predicted octanol–water partition coefficient (Wildman–Crippen LogP) is 4.54. The van der Waals surface area contributed by atoms with Gasteiger partial charge in [-0.2, -0.15) is 0 Å². The van der Waals surface area contributed by atoms with Crippen molar-refractivity contribution in [3.05, 3.63) is 35.4 Å². The van der Waals surface area contributed by atoms with Crippen molar-refractivity contribution in [2.24, 2.45) is 0 Å². The Hall–Kier alpha value is -0.820. The summed E-state index contributed by atoms with van der Waals surface area (Å²) in [4.78, 5) is 0. The van der Waals surface area contributed by atoms with E-state index < -0.39 is 0 Å². The molecular weight excluding hydrogens is 208 g/mol. The van der Waals surface area contributed by atoms with Crippen LogP contribution < -0.4 is 0 Å². The van der Waals surface area contributed by atoms with Crippen molar-refractivity contribution in [3.63, 3.8) is 0 Å². The van der Waals surface area contributed by atoms with E-state index in [-0.39, 0.29) is 6.10 Å². The van der Waals surface area contributed by atoms with Gasteiger partial charge in [-0.15, -0.1) is 0 Å². The lowest BCUT2D eigenvalue weighted by molar-refractivity contribution is 0.140. The van der Waals surface area contributed by atoms with Crippen molar-refractivity contribution >= 4 is 0 Å². The molecule has 0 bridgehead atoms. The zero-order chi connectivity index (χ0) is 13.3. The van der Waals surface area contributed by atoms with Crippen LogP contribution in [0.3, 0.4) is 0 Å². The van der Waals surface area contributed by atoms with Crippen molar-refractivity contribution in [2.45, 2.75) is 65.9 Å². The van der Waals surface area contributed by atoms with Gasteiger partial charge in [0.25, 0.3) is 0 Å². The molecule has 98 valence electrons. The molecule has 0 amide bonds. The predicted molar refractivity (Wildman–Crippen MR) is 76.5 cm³/mol. The van der Waals surface area contributed by atoms with Gasteiger partial charge < -0.3 is 5.11 Å². The minimum atomic E-state index is -0.149. The lowest BCUT2D eigenvalue weighted by Gasteiger charge is -2.17. The minimum Gasteiger partial charge on any atom is -0.393 e. The summed E-state index contributed by atoms with van der Waals surface area (Å²) < 4.78 is 0. The van der Waals surface area contributed by atoms with Gasteiger partial charge in [0.1, 0.15) is 0 Å². The van der Waals surface area contributed by atoms with Gasteiger partial charge in [-0.25, -0.2) is 0 Å². The van der Waals surface area contributed by atoms with Crippen molar-refractivity contribution in [1.29, 1.82) is 0 Å². The highest BCUT2D eigenvalue weighted by atomic mass is 16.3. The van der Waals surface area contributed by atoms with Gasteiger partial charge in [0, 0.05) is 5.92 Å². The van der Waals surface area contributed by atoms with Crippen LogP contribution in [0.2, 0.25) is 0 Å². The first-order valence-corrected chi connectivity index (χ1v) is 7.05. The fourth-order valence-electron chi connectivity index (χ4n) is 2.16. The monoisotopic (exact) mass is 236 g/mol. The second kappa shape index (κ2) is 9.23. The summed E-state index contributed by atoms with van der Waals surface area (Å²) in [5, 5.41) is 9.80. The smallest absolute Gasteiger partial charge is 0.0606 e. The molecule has 0 saturated heterocycles. The summed E-state index contributed by atoms with van der Waals surface area (Å²) in [5.41, 5.74) is 2.76. The normalized spacial score (nSPS) is 22.0. The summed E-state index contributed by atoms with van der Waals surface area (Å²) in [6.45, 7) is 10.1. The Morgan fingerprint density at radius 1 is 1.06 bits per heavy atom. The van der Waals surface area contributed by atoms with Crippen LogP contribution in [0.15, 0.2) is 24.3 Å². The van der Waals surface area contributed by atoms with E-state index in [1.807, 2.05) is 27.7 Å². The fraction of sp³-hybridized carbons (Fsp3) is 0.625. The molecule has 1 aromatic rings. The van der Waals surface area contributed by atoms with Crippen LogP contribution in [0.5, 0.6) is 0 Å². The molecule has 0 radical (unpaired) electrons. The van der Waals surface area contributed by atoms with Gasteiger partial charge in [0.2, 0.25) is 0 Å². The molecule has 0 spiro atoms. The van der Waals surface area contributed by atoms with Crippen molar-refractivity contribution in [3.8, 4) is 0 Å². The molecule has 2 unspecified atom stereocenters. The maximum Gasteiger partial charge on any atom is 0.0606 e. The Morgan fingerprint density at radius 2 is 1.65 bits per heavy atom. The lowest BCUT2D eigenvalue weighted by atomic mass is 9.93. The van der Waals surface area contributed by atoms with E-state index in [1.165, 1.54) is 11.1 Å². The molecule has 1 N–H and O–H groups in total. The zero-order valence-electron chi connectivity index (χ0n) is 12.0. The largest absolute Gasteiger partial charge is 0.393 e. The van der Waals surface area contributed by atoms with Crippen molar-refractivity contribution < 1.29 is 5.11 Å². The van der Waals surface area contributed by atoms with Gasteiger partial charge in [-0.1, -0.05) is 58.9 Å². The van der Waals surface area contributed by atoms with E-state index in [1.54, 1.807) is 0 Å². The molecule has 1 nitrogen and oxygen atoms in total. The minimum absolute atomic E-state index is 0.149. The van der Waals surface area contributed by atoms with Crippen LogP contribution in [0.25, 0.3) is 0 Å². The summed E-state index contributed by atoms with van der Waals surface area (Å²) in [7, 11) is 0. The van der Waals surface area contributed by atoms with E-state index in [9.17, 15) is 5.11 Å². The van der Waals surface area contributed by atoms with Gasteiger partial charge in [-0.3, -0.25) is 0 Å². The fourth-order valence-corrected chi connectivity index (χ4v) is 2.16. The maximum absolute atomic E-state index is 9.80. The van der Waals surface area contributed by atoms with E-state index in [0.717, 1.165) is 19.3 Å². The molecular formula is C16H28O. The molecule has 17 heavy (non-hydrogen) atoms. The van der Waals surface area contributed by atoms with Crippen LogP contribution in [0.4, 0.5) is 0 Å². The third-order valence-corrected chi connectivity index (χ3v) is 3.07. The second-order valence-corrected chi connectivity index (χ2v) is 3.95. The molecule has 0 heterocycles. The number of aliphatic hydroxyl groups excluding tert-OH is 1. The van der Waals surface area contributed by atoms with Gasteiger partial charge in [0.15, 0.2) is 0 Å². The molecule has 0 aliphatic heterocycles. The molecule has 2 atom stereocenters. The summed E-state index contributed by atoms with van der Waals surface area (Å²) in [6, 6.07) is 8.48. The molecule has 0 saturated carbocycles. The zero-order valence-corrected chi connectivity index (χ0v) is 12.0. The molecule has 1 aliphatic carbocycles. The highest BCUT2D eigenvalue weighted by molar-refractivity contribution is 5.31. The van der Waals surface area contributed by atoms with Crippen molar-refractivity contribution in [2.75, 3.05) is 0 Å². The number of hydrogen-bond acceptors (Lipinski definition) is 1. The topological polar surface area (TPSA) is 20.2 Å². The Morgan fingerprint density at radius 3 is 2.29 bits per heavy atom. The number of rotatable bonds is 0. The second-order valence-electron chi connectivity index (χ2n) is 3.95. The van der Waals surface area contributed by atoms with E-state index in [4.69, 9.17) is 0 Å². The SMILES string of the molecule is CC.CC.CC1c2ccccc2CCCC1O. The van der Waals surface area contributed by atoms with Crippen LogP contribution >= 0.6 is 0 Å². The number of aliphatic hydroxyl groups is 1. The lowest BCUT2D eigenvalue weighted by Crippen LogP contribution is -2.14. The molecule has 2 rings (SSSR count). The van der Waals surface area contributed by atoms with Crippen molar-refractivity contribution in [1.82, 2.24) is 0 Å². The van der Waals surface area contributed by atoms with Crippen LogP contribution in [0, 0.1) is 0 Å². The third kappa shape index (κ3) is 4.51. The average molecular weight is 236 g/mol. The highest BCUT2D eigenvalue weighted by Gasteiger charge is 2.21. The first-order valence-electron chi connectivity index (χ1n) is 7.05. The van der Waals surface area contributed by atoms with Gasteiger partial charge >= 0.3 is 0 Å². The van der Waals surface area contributed by atoms with Crippen LogP contribution in [0.1, 0.15) is 64.5 Å². The van der Waals surface area contributed by atoms with Gasteiger partial charge in [0.05, 0.1) is 6.10 Å². The molecule has 0 aromatic heterocycles. The number of benzene rings is 1. The molecule has 1 heteroatoms. The quantitative estimate of drug-likeness (QED) is 0.656. The number of hydrogen-bond donors (Lipinski definition) is 1. The highest BCUT2D eigenvalue weighted by Crippen LogP contribution is 2.29. The Balaban J connectivity index is 0.000000581. The summed E-state index contributed by atoms with van der Waals surface area (Å²) >= 11 is 0. The Kier molecular flexibility index (Phi) is 8.79. The number of aryl methyl sites for hydroxylation is 1. The first-order chi connectivity index (χ1) is 8.29. The Labute approximate surface area is 107 Å². The molecule has 0 fully saturated rings. The standard InChI is InChI=1S/C12H16O.2C2H6/c1-9-11-7-3-2-5-10(11)6-4-8-12(9)13;2*1-2/h2-3,5,7,9,12-13H,4,6,8H2,1H3;2*1-2H3. The molecule has 1 aliphatic rings. The average Bonchev–Trinajstić information content (AvgIpc) is 2.56. The third-order valence-electron chi connectivity index (χ3n) is 3.07. The van der Waals surface area contributed by atoms with E-state index in [2.05, 4.69) is 31.2 Å². The number of fused-ring (bicyclic) bond motifs is 1. The van der Waals surface area contributed by atoms with E-state index >= 15 is 0 Å². The van der Waals surface area contributed by atoms with Crippen LogP contribution in [-0.2, 0) is 6.42 Å². The first kappa shape index (κ1) is 16.2. The van der Waals surface area contributed by atoms with Crippen LogP contribution in [-0.4, -0.2) is 11.2 Å². The van der Waals surface area contributed by atoms with Gasteiger partial charge in [-0.05, 0) is 30.4 Å². The van der Waals surface area contributed by atoms with E-state index in [0.29, 0.717) is 5.92 Å². The summed E-state index contributed by atoms with van der Waals surface area (Å²) in [5.74, 6) is 0.304. The Bertz CT molecular complexity index is 293. The molecule has 1 aromatic carbocycles. The maximum atomic E-state index is 9.80. The summed E-state index contributed by atoms with van der Waals surface area (Å²) in [6.07, 6.45) is 3.03.